The Balaban J connectivity index is 1.77. The van der Waals surface area contributed by atoms with E-state index in [0.717, 1.165) is 17.7 Å². The van der Waals surface area contributed by atoms with Gasteiger partial charge in [-0.15, -0.1) is 0 Å². The number of carbonyl (C=O) groups is 2. The standard InChI is InChI=1S/C20H26N4O2/c1-4-14-7-5-6-8-15(14)11-18(25)22-16-9-10-19(26)24(3)20(16)17-12-21-13-23(17)2/h5-8,12-13,16,20H,4,9-11H2,1-3H3,(H,22,25)/t16-,20-/m1/s1. The van der Waals surface area contributed by atoms with Crippen LogP contribution in [0, 0.1) is 0 Å². The Morgan fingerprint density at radius 2 is 2.00 bits per heavy atom. The van der Waals surface area contributed by atoms with E-state index in [9.17, 15) is 9.59 Å². The molecule has 1 aromatic carbocycles. The van der Waals surface area contributed by atoms with E-state index in [4.69, 9.17) is 0 Å². The SMILES string of the molecule is CCc1ccccc1CC(=O)N[C@@H]1CCC(=O)N(C)[C@H]1c1cncn1C. The van der Waals surface area contributed by atoms with Gasteiger partial charge in [0, 0.05) is 20.5 Å². The molecule has 1 fully saturated rings. The second-order valence-electron chi connectivity index (χ2n) is 6.89. The first-order chi connectivity index (χ1) is 12.5. The van der Waals surface area contributed by atoms with Gasteiger partial charge in [-0.05, 0) is 24.0 Å². The lowest BCUT2D eigenvalue weighted by molar-refractivity contribution is -0.137. The molecular formula is C20H26N4O2. The number of nitrogens with one attached hydrogen (secondary N) is 1. The van der Waals surface area contributed by atoms with E-state index < -0.39 is 0 Å². The first-order valence-corrected chi connectivity index (χ1v) is 9.09. The summed E-state index contributed by atoms with van der Waals surface area (Å²) in [7, 11) is 3.70. The molecule has 1 N–H and O–H groups in total. The maximum Gasteiger partial charge on any atom is 0.224 e. The largest absolute Gasteiger partial charge is 0.351 e. The molecule has 3 rings (SSSR count). The van der Waals surface area contributed by atoms with Gasteiger partial charge >= 0.3 is 0 Å². The van der Waals surface area contributed by atoms with E-state index in [-0.39, 0.29) is 23.9 Å². The van der Waals surface area contributed by atoms with Gasteiger partial charge in [-0.2, -0.15) is 0 Å². The zero-order valence-corrected chi connectivity index (χ0v) is 15.6. The van der Waals surface area contributed by atoms with Crippen molar-refractivity contribution in [1.82, 2.24) is 19.8 Å². The van der Waals surface area contributed by atoms with Crippen LogP contribution in [0.15, 0.2) is 36.8 Å². The Hall–Kier alpha value is -2.63. The van der Waals surface area contributed by atoms with Crippen LogP contribution in [0.25, 0.3) is 0 Å². The molecule has 1 aliphatic rings. The van der Waals surface area contributed by atoms with E-state index in [1.807, 2.05) is 29.8 Å². The summed E-state index contributed by atoms with van der Waals surface area (Å²) in [5.74, 6) is 0.0869. The molecule has 0 saturated carbocycles. The molecule has 1 aliphatic heterocycles. The van der Waals surface area contributed by atoms with E-state index in [1.165, 1.54) is 5.56 Å². The molecular weight excluding hydrogens is 328 g/mol. The molecule has 6 nitrogen and oxygen atoms in total. The van der Waals surface area contributed by atoms with Crippen molar-refractivity contribution in [2.45, 2.75) is 44.7 Å². The first-order valence-electron chi connectivity index (χ1n) is 9.09. The lowest BCUT2D eigenvalue weighted by Crippen LogP contribution is -2.51. The zero-order chi connectivity index (χ0) is 18.7. The number of hydrogen-bond acceptors (Lipinski definition) is 3. The van der Waals surface area contributed by atoms with Crippen LogP contribution in [0.1, 0.15) is 42.6 Å². The van der Waals surface area contributed by atoms with Gasteiger partial charge in [0.1, 0.15) is 0 Å². The Kier molecular flexibility index (Phi) is 5.40. The summed E-state index contributed by atoms with van der Waals surface area (Å²) in [4.78, 5) is 30.8. The van der Waals surface area contributed by atoms with E-state index in [2.05, 4.69) is 23.3 Å². The molecule has 0 unspecified atom stereocenters. The second-order valence-corrected chi connectivity index (χ2v) is 6.89. The van der Waals surface area contributed by atoms with Gasteiger partial charge in [-0.1, -0.05) is 31.2 Å². The van der Waals surface area contributed by atoms with Crippen molar-refractivity contribution >= 4 is 11.8 Å². The first kappa shape index (κ1) is 18.2. The van der Waals surface area contributed by atoms with Crippen molar-refractivity contribution in [3.63, 3.8) is 0 Å². The third kappa shape index (κ3) is 3.64. The predicted molar refractivity (Wildman–Crippen MR) is 99.4 cm³/mol. The third-order valence-corrected chi connectivity index (χ3v) is 5.21. The number of hydrogen-bond donors (Lipinski definition) is 1. The molecule has 2 aromatic rings. The minimum atomic E-state index is -0.200. The van der Waals surface area contributed by atoms with E-state index >= 15 is 0 Å². The minimum absolute atomic E-state index is 0.00850. The molecule has 0 aliphatic carbocycles. The van der Waals surface area contributed by atoms with Crippen LogP contribution < -0.4 is 5.32 Å². The summed E-state index contributed by atoms with van der Waals surface area (Å²) in [6.45, 7) is 2.09. The molecule has 26 heavy (non-hydrogen) atoms. The van der Waals surface area contributed by atoms with Crippen LogP contribution in [0.4, 0.5) is 0 Å². The zero-order valence-electron chi connectivity index (χ0n) is 15.6. The van der Waals surface area contributed by atoms with Crippen LogP contribution in [0.3, 0.4) is 0 Å². The summed E-state index contributed by atoms with van der Waals surface area (Å²) < 4.78 is 1.91. The second kappa shape index (κ2) is 7.72. The average Bonchev–Trinajstić information content (AvgIpc) is 3.04. The minimum Gasteiger partial charge on any atom is -0.351 e. The quantitative estimate of drug-likeness (QED) is 0.893. The van der Waals surface area contributed by atoms with Gasteiger partial charge in [0.05, 0.1) is 36.7 Å². The van der Waals surface area contributed by atoms with Crippen LogP contribution in [0.5, 0.6) is 0 Å². The Morgan fingerprint density at radius 3 is 2.65 bits per heavy atom. The monoisotopic (exact) mass is 354 g/mol. The van der Waals surface area contributed by atoms with Gasteiger partial charge in [-0.25, -0.2) is 4.98 Å². The molecule has 0 bridgehead atoms. The van der Waals surface area contributed by atoms with Crippen molar-refractivity contribution in [2.24, 2.45) is 7.05 Å². The van der Waals surface area contributed by atoms with Crippen molar-refractivity contribution in [3.05, 3.63) is 53.6 Å². The maximum atomic E-state index is 12.7. The van der Waals surface area contributed by atoms with Crippen LogP contribution in [-0.2, 0) is 29.5 Å². The van der Waals surface area contributed by atoms with E-state index in [1.54, 1.807) is 24.5 Å². The van der Waals surface area contributed by atoms with Gasteiger partial charge in [-0.3, -0.25) is 9.59 Å². The van der Waals surface area contributed by atoms with Gasteiger partial charge in [0.15, 0.2) is 0 Å². The molecule has 2 heterocycles. The molecule has 0 spiro atoms. The molecule has 2 atom stereocenters. The number of piperidine rings is 1. The van der Waals surface area contributed by atoms with Gasteiger partial charge < -0.3 is 14.8 Å². The third-order valence-electron chi connectivity index (χ3n) is 5.21. The fourth-order valence-corrected chi connectivity index (χ4v) is 3.75. The highest BCUT2D eigenvalue weighted by Crippen LogP contribution is 2.30. The molecule has 1 saturated heterocycles. The Morgan fingerprint density at radius 1 is 1.27 bits per heavy atom. The summed E-state index contributed by atoms with van der Waals surface area (Å²) in [5.41, 5.74) is 3.19. The Labute approximate surface area is 154 Å². The lowest BCUT2D eigenvalue weighted by atomic mass is 9.93. The number of carbonyl (C=O) groups excluding carboxylic acids is 2. The number of benzene rings is 1. The number of imidazole rings is 1. The molecule has 2 amide bonds. The summed E-state index contributed by atoms with van der Waals surface area (Å²) in [6.07, 6.45) is 5.84. The van der Waals surface area contributed by atoms with Crippen LogP contribution >= 0.6 is 0 Å². The average molecular weight is 354 g/mol. The Bertz CT molecular complexity index is 799. The summed E-state index contributed by atoms with van der Waals surface area (Å²) >= 11 is 0. The van der Waals surface area contributed by atoms with Crippen molar-refractivity contribution in [2.75, 3.05) is 7.05 Å². The maximum absolute atomic E-state index is 12.7. The topological polar surface area (TPSA) is 67.2 Å². The predicted octanol–water partition coefficient (Wildman–Crippen LogP) is 2.00. The molecule has 1 aromatic heterocycles. The number of rotatable bonds is 5. The van der Waals surface area contributed by atoms with Crippen LogP contribution in [0.2, 0.25) is 0 Å². The number of amides is 2. The normalized spacial score (nSPS) is 20.3. The smallest absolute Gasteiger partial charge is 0.224 e. The van der Waals surface area contributed by atoms with Crippen molar-refractivity contribution in [1.29, 1.82) is 0 Å². The molecule has 6 heteroatoms. The summed E-state index contributed by atoms with van der Waals surface area (Å²) in [5, 5.41) is 3.16. The summed E-state index contributed by atoms with van der Waals surface area (Å²) in [6, 6.07) is 7.72. The highest BCUT2D eigenvalue weighted by atomic mass is 16.2. The fraction of sp³-hybridized carbons (Fsp3) is 0.450. The highest BCUT2D eigenvalue weighted by molar-refractivity contribution is 5.81. The highest BCUT2D eigenvalue weighted by Gasteiger charge is 2.37. The lowest BCUT2D eigenvalue weighted by Gasteiger charge is -2.39. The number of likely N-dealkylation sites (N-methyl/N-ethyl adjacent to an activating group) is 1. The molecule has 0 radical (unpaired) electrons. The van der Waals surface area contributed by atoms with Crippen molar-refractivity contribution in [3.8, 4) is 0 Å². The number of aryl methyl sites for hydroxylation is 2. The van der Waals surface area contributed by atoms with Crippen molar-refractivity contribution < 1.29 is 9.59 Å². The van der Waals surface area contributed by atoms with Gasteiger partial charge in [0.25, 0.3) is 0 Å². The van der Waals surface area contributed by atoms with Crippen LogP contribution in [-0.4, -0.2) is 39.4 Å². The number of aromatic nitrogens is 2. The number of likely N-dealkylation sites (tertiary alicyclic amines) is 1. The number of nitrogens with zero attached hydrogens (tertiary/aromatic N) is 3. The fourth-order valence-electron chi connectivity index (χ4n) is 3.75. The van der Waals surface area contributed by atoms with E-state index in [0.29, 0.717) is 19.3 Å². The molecule has 138 valence electrons. The van der Waals surface area contributed by atoms with Gasteiger partial charge in [0.2, 0.25) is 11.8 Å².